The Morgan fingerprint density at radius 2 is 0.936 bits per heavy atom. The largest absolute Gasteiger partial charge is 0.492 e. The molecule has 2 aromatic carbocycles. The third-order valence-electron chi connectivity index (χ3n) is 5.72. The zero-order valence-corrected chi connectivity index (χ0v) is 27.7. The summed E-state index contributed by atoms with van der Waals surface area (Å²) in [6.45, 7) is 13.6. The van der Waals surface area contributed by atoms with Gasteiger partial charge in [-0.05, 0) is 36.0 Å². The van der Waals surface area contributed by atoms with Gasteiger partial charge in [-0.3, -0.25) is 61.3 Å². The fourth-order valence-corrected chi connectivity index (χ4v) is 3.54. The summed E-state index contributed by atoms with van der Waals surface area (Å²) < 4.78 is 17.3. The number of carbonyl (C=O) groups excluding carboxylic acids is 6. The van der Waals surface area contributed by atoms with Crippen LogP contribution in [0.25, 0.3) is 0 Å². The maximum Gasteiger partial charge on any atom is 0.273 e. The van der Waals surface area contributed by atoms with Gasteiger partial charge < -0.3 is 14.2 Å². The fourth-order valence-electron chi connectivity index (χ4n) is 3.54. The van der Waals surface area contributed by atoms with Crippen LogP contribution in [0.1, 0.15) is 86.0 Å². The van der Waals surface area contributed by atoms with Crippen LogP contribution < -0.4 is 46.8 Å². The highest BCUT2D eigenvalue weighted by molar-refractivity contribution is 6.05. The maximum atomic E-state index is 13.2. The van der Waals surface area contributed by atoms with Crippen LogP contribution in [-0.2, 0) is 14.4 Å². The molecule has 0 spiro atoms. The summed E-state index contributed by atoms with van der Waals surface area (Å²) in [5, 5.41) is 0. The maximum absolute atomic E-state index is 13.2. The van der Waals surface area contributed by atoms with Gasteiger partial charge in [-0.1, -0.05) is 53.7 Å². The Balaban J connectivity index is 2.12. The van der Waals surface area contributed by atoms with E-state index in [4.69, 9.17) is 14.2 Å². The highest BCUT2D eigenvalue weighted by atomic mass is 16.5. The number of para-hydroxylation sites is 1. The third-order valence-corrected chi connectivity index (χ3v) is 5.72. The van der Waals surface area contributed by atoms with Crippen molar-refractivity contribution in [1.82, 2.24) is 32.6 Å². The van der Waals surface area contributed by atoms with Crippen LogP contribution in [0.3, 0.4) is 0 Å². The minimum Gasteiger partial charge on any atom is -0.492 e. The summed E-state index contributed by atoms with van der Waals surface area (Å²) in [5.74, 6) is -3.67. The Hall–Kier alpha value is -5.34. The molecule has 256 valence electrons. The number of nitrogens with one attached hydrogen (secondary N) is 6. The number of hydrazine groups is 3. The van der Waals surface area contributed by atoms with E-state index in [1.807, 2.05) is 41.5 Å². The van der Waals surface area contributed by atoms with Crippen molar-refractivity contribution in [1.29, 1.82) is 0 Å². The van der Waals surface area contributed by atoms with Gasteiger partial charge in [0.05, 0.1) is 36.5 Å². The lowest BCUT2D eigenvalue weighted by molar-refractivity contribution is -0.130. The average molecular weight is 657 g/mol. The molecule has 2 rings (SSSR count). The number of amides is 6. The van der Waals surface area contributed by atoms with Crippen molar-refractivity contribution in [2.24, 2.45) is 17.8 Å². The number of ether oxygens (including phenoxy) is 3. The fraction of sp³-hybridized carbons (Fsp3) is 0.438. The second kappa shape index (κ2) is 18.6. The van der Waals surface area contributed by atoms with Crippen LogP contribution in [-0.4, -0.2) is 55.3 Å². The first-order chi connectivity index (χ1) is 22.2. The third kappa shape index (κ3) is 13.3. The van der Waals surface area contributed by atoms with Crippen LogP contribution in [0.15, 0.2) is 36.4 Å². The summed E-state index contributed by atoms with van der Waals surface area (Å²) in [6, 6.07) is 9.08. The number of carbonyl (C=O) groups is 6. The molecule has 2 aromatic rings. The molecule has 6 amide bonds. The monoisotopic (exact) mass is 656 g/mol. The predicted octanol–water partition coefficient (Wildman–Crippen LogP) is 2.18. The molecule has 15 heteroatoms. The minimum absolute atomic E-state index is 0.0680. The lowest BCUT2D eigenvalue weighted by Crippen LogP contribution is -2.46. The Bertz CT molecular complexity index is 1440. The van der Waals surface area contributed by atoms with Crippen molar-refractivity contribution in [2.75, 3.05) is 19.8 Å². The van der Waals surface area contributed by atoms with E-state index < -0.39 is 41.9 Å². The van der Waals surface area contributed by atoms with Gasteiger partial charge >= 0.3 is 0 Å². The van der Waals surface area contributed by atoms with E-state index >= 15 is 0 Å². The summed E-state index contributed by atoms with van der Waals surface area (Å²) in [6.07, 6.45) is -0.755. The SMILES string of the molecule is CC(=O)NNC(=O)c1cc(C(=O)NNC(=O)CC(=O)NNC(=O)c2ccccc2OCC(C)C)c(OCC(C)C)cc1OCC(C)C. The van der Waals surface area contributed by atoms with Gasteiger partial charge in [0.25, 0.3) is 17.7 Å². The second-order valence-electron chi connectivity index (χ2n) is 11.8. The van der Waals surface area contributed by atoms with Crippen LogP contribution >= 0.6 is 0 Å². The molecular weight excluding hydrogens is 612 g/mol. The van der Waals surface area contributed by atoms with Gasteiger partial charge in [0, 0.05) is 13.0 Å². The van der Waals surface area contributed by atoms with Crippen molar-refractivity contribution < 1.29 is 43.0 Å². The van der Waals surface area contributed by atoms with E-state index in [1.54, 1.807) is 18.2 Å². The lowest BCUT2D eigenvalue weighted by atomic mass is 10.1. The zero-order valence-electron chi connectivity index (χ0n) is 27.7. The summed E-state index contributed by atoms with van der Waals surface area (Å²) in [4.78, 5) is 74.9. The molecule has 0 aromatic heterocycles. The molecule has 0 aliphatic carbocycles. The highest BCUT2D eigenvalue weighted by Crippen LogP contribution is 2.30. The first-order valence-corrected chi connectivity index (χ1v) is 15.1. The molecule has 0 saturated heterocycles. The van der Waals surface area contributed by atoms with Crippen LogP contribution in [0.5, 0.6) is 17.2 Å². The second-order valence-corrected chi connectivity index (χ2v) is 11.8. The standard InChI is InChI=1S/C32H44N6O9/c1-18(2)15-45-25-11-9-8-10-22(25)30(42)37-34-28(40)14-29(41)35-38-32(44)24-12-23(31(43)36-33-21(7)39)26(46-16-19(3)4)13-27(24)47-17-20(5)6/h8-13,18-20H,14-17H2,1-7H3,(H,33,39)(H,34,40)(H,35,41)(H,36,43)(H,37,42)(H,38,44). The van der Waals surface area contributed by atoms with Crippen LogP contribution in [0.2, 0.25) is 0 Å². The van der Waals surface area contributed by atoms with Gasteiger partial charge in [-0.2, -0.15) is 0 Å². The van der Waals surface area contributed by atoms with Crippen molar-refractivity contribution in [2.45, 2.75) is 54.9 Å². The van der Waals surface area contributed by atoms with Gasteiger partial charge in [0.2, 0.25) is 17.7 Å². The highest BCUT2D eigenvalue weighted by Gasteiger charge is 2.23. The number of hydrogen-bond donors (Lipinski definition) is 6. The molecule has 15 nitrogen and oxygen atoms in total. The van der Waals surface area contributed by atoms with Gasteiger partial charge in [-0.25, -0.2) is 0 Å². The predicted molar refractivity (Wildman–Crippen MR) is 171 cm³/mol. The molecule has 0 atom stereocenters. The molecule has 0 aliphatic rings. The van der Waals surface area contributed by atoms with Crippen molar-refractivity contribution in [3.05, 3.63) is 53.1 Å². The first kappa shape index (κ1) is 37.8. The van der Waals surface area contributed by atoms with Gasteiger partial charge in [0.15, 0.2) is 0 Å². The van der Waals surface area contributed by atoms with Crippen LogP contribution in [0, 0.1) is 17.8 Å². The quantitative estimate of drug-likeness (QED) is 0.130. The van der Waals surface area contributed by atoms with E-state index in [2.05, 4.69) is 32.6 Å². The number of hydrogen-bond acceptors (Lipinski definition) is 9. The molecule has 0 unspecified atom stereocenters. The Morgan fingerprint density at radius 3 is 1.38 bits per heavy atom. The Labute approximate surface area is 273 Å². The Kier molecular flexibility index (Phi) is 15.0. The van der Waals surface area contributed by atoms with Gasteiger partial charge in [-0.15, -0.1) is 0 Å². The van der Waals surface area contributed by atoms with E-state index in [-0.39, 0.29) is 59.2 Å². The molecule has 47 heavy (non-hydrogen) atoms. The molecule has 6 N–H and O–H groups in total. The minimum atomic E-state index is -0.907. The average Bonchev–Trinajstić information content (AvgIpc) is 3.01. The molecule has 0 radical (unpaired) electrons. The van der Waals surface area contributed by atoms with Crippen molar-refractivity contribution in [3.63, 3.8) is 0 Å². The summed E-state index contributed by atoms with van der Waals surface area (Å²) >= 11 is 0. The smallest absolute Gasteiger partial charge is 0.273 e. The van der Waals surface area contributed by atoms with Crippen LogP contribution in [0.4, 0.5) is 0 Å². The van der Waals surface area contributed by atoms with E-state index in [1.165, 1.54) is 25.1 Å². The van der Waals surface area contributed by atoms with Crippen molar-refractivity contribution >= 4 is 35.4 Å². The Morgan fingerprint density at radius 1 is 0.532 bits per heavy atom. The normalized spacial score (nSPS) is 10.6. The van der Waals surface area contributed by atoms with Gasteiger partial charge in [0.1, 0.15) is 23.7 Å². The van der Waals surface area contributed by atoms with E-state index in [0.717, 1.165) is 0 Å². The zero-order chi connectivity index (χ0) is 35.1. The van der Waals surface area contributed by atoms with E-state index in [9.17, 15) is 28.8 Å². The molecule has 0 bridgehead atoms. The lowest BCUT2D eigenvalue weighted by Gasteiger charge is -2.19. The molecule has 0 fully saturated rings. The van der Waals surface area contributed by atoms with Crippen molar-refractivity contribution in [3.8, 4) is 17.2 Å². The molecular formula is C32H44N6O9. The number of benzene rings is 2. The summed E-state index contributed by atoms with van der Waals surface area (Å²) in [5.41, 5.74) is 13.1. The number of rotatable bonds is 14. The first-order valence-electron chi connectivity index (χ1n) is 15.1. The van der Waals surface area contributed by atoms with E-state index in [0.29, 0.717) is 12.4 Å². The topological polar surface area (TPSA) is 202 Å². The molecule has 0 saturated carbocycles. The molecule has 0 aliphatic heterocycles. The summed E-state index contributed by atoms with van der Waals surface area (Å²) in [7, 11) is 0. The molecule has 0 heterocycles.